The van der Waals surface area contributed by atoms with Gasteiger partial charge in [-0.25, -0.2) is 0 Å². The SMILES string of the molecule is CCn1nc(C(=O)N2CCCCC2)c2c1CCC(NCC(C)(C)CN(C)C)C2. The van der Waals surface area contributed by atoms with E-state index in [4.69, 9.17) is 5.10 Å². The monoisotopic (exact) mass is 389 g/mol. The van der Waals surface area contributed by atoms with Gasteiger partial charge >= 0.3 is 0 Å². The van der Waals surface area contributed by atoms with Crippen molar-refractivity contribution >= 4 is 5.91 Å². The molecule has 28 heavy (non-hydrogen) atoms. The van der Waals surface area contributed by atoms with Crippen LogP contribution in [0.25, 0.3) is 0 Å². The zero-order valence-electron chi connectivity index (χ0n) is 18.6. The third kappa shape index (κ3) is 4.95. The van der Waals surface area contributed by atoms with Crippen molar-refractivity contribution in [2.45, 2.75) is 71.9 Å². The molecule has 2 heterocycles. The molecule has 1 aromatic rings. The van der Waals surface area contributed by atoms with Gasteiger partial charge in [0.15, 0.2) is 5.69 Å². The Hall–Kier alpha value is -1.40. The van der Waals surface area contributed by atoms with Gasteiger partial charge in [0.1, 0.15) is 0 Å². The van der Waals surface area contributed by atoms with Gasteiger partial charge in [0.05, 0.1) is 0 Å². The Morgan fingerprint density at radius 2 is 1.96 bits per heavy atom. The summed E-state index contributed by atoms with van der Waals surface area (Å²) in [5.41, 5.74) is 3.43. The summed E-state index contributed by atoms with van der Waals surface area (Å²) in [6, 6.07) is 0.427. The molecule has 1 fully saturated rings. The number of aryl methyl sites for hydroxylation is 1. The van der Waals surface area contributed by atoms with E-state index >= 15 is 0 Å². The third-order valence-corrected chi connectivity index (χ3v) is 6.11. The average molecular weight is 390 g/mol. The van der Waals surface area contributed by atoms with Gasteiger partial charge in [-0.1, -0.05) is 13.8 Å². The number of carbonyl (C=O) groups is 1. The van der Waals surface area contributed by atoms with E-state index in [0.29, 0.717) is 6.04 Å². The number of amides is 1. The van der Waals surface area contributed by atoms with E-state index in [-0.39, 0.29) is 11.3 Å². The Labute approximate surface area is 170 Å². The van der Waals surface area contributed by atoms with E-state index in [0.717, 1.165) is 70.5 Å². The summed E-state index contributed by atoms with van der Waals surface area (Å²) in [7, 11) is 4.26. The first-order valence-corrected chi connectivity index (χ1v) is 11.1. The summed E-state index contributed by atoms with van der Waals surface area (Å²) < 4.78 is 2.07. The second-order valence-electron chi connectivity index (χ2n) is 9.67. The van der Waals surface area contributed by atoms with Crippen LogP contribution < -0.4 is 5.32 Å². The molecular weight excluding hydrogens is 350 g/mol. The normalized spacial score (nSPS) is 20.5. The Morgan fingerprint density at radius 1 is 1.25 bits per heavy atom. The first-order valence-electron chi connectivity index (χ1n) is 11.1. The lowest BCUT2D eigenvalue weighted by Gasteiger charge is -2.32. The first kappa shape index (κ1) is 21.3. The number of hydrogen-bond donors (Lipinski definition) is 1. The van der Waals surface area contributed by atoms with E-state index < -0.39 is 0 Å². The molecule has 1 aromatic heterocycles. The zero-order valence-corrected chi connectivity index (χ0v) is 18.6. The molecule has 1 unspecified atom stereocenters. The van der Waals surface area contributed by atoms with Crippen molar-refractivity contribution < 1.29 is 4.79 Å². The quantitative estimate of drug-likeness (QED) is 0.779. The molecule has 0 radical (unpaired) electrons. The topological polar surface area (TPSA) is 53.4 Å². The summed E-state index contributed by atoms with van der Waals surface area (Å²) in [5.74, 6) is 0.150. The van der Waals surface area contributed by atoms with Crippen LogP contribution in [0.1, 0.15) is 68.2 Å². The highest BCUT2D eigenvalue weighted by Crippen LogP contribution is 2.27. The number of aromatic nitrogens is 2. The summed E-state index contributed by atoms with van der Waals surface area (Å²) in [5, 5.41) is 8.55. The lowest BCUT2D eigenvalue weighted by atomic mass is 9.88. The van der Waals surface area contributed by atoms with Crippen LogP contribution in [0.5, 0.6) is 0 Å². The number of piperidine rings is 1. The number of nitrogens with one attached hydrogen (secondary N) is 1. The van der Waals surface area contributed by atoms with Gasteiger partial charge in [-0.05, 0) is 65.0 Å². The second kappa shape index (κ2) is 8.95. The standard InChI is InChI=1S/C22H39N5O/c1-6-27-19-11-10-17(23-15-22(2,3)16-25(4)5)14-18(19)20(24-27)21(28)26-12-8-7-9-13-26/h17,23H,6-16H2,1-5H3. The van der Waals surface area contributed by atoms with Crippen molar-refractivity contribution in [2.75, 3.05) is 40.3 Å². The van der Waals surface area contributed by atoms with Crippen LogP contribution in [-0.4, -0.2) is 71.8 Å². The fourth-order valence-corrected chi connectivity index (χ4v) is 4.87. The van der Waals surface area contributed by atoms with E-state index in [1.165, 1.54) is 17.7 Å². The van der Waals surface area contributed by atoms with Crippen molar-refractivity contribution in [2.24, 2.45) is 5.41 Å². The molecule has 1 atom stereocenters. The molecule has 158 valence electrons. The highest BCUT2D eigenvalue weighted by molar-refractivity contribution is 5.94. The van der Waals surface area contributed by atoms with Crippen LogP contribution in [0.2, 0.25) is 0 Å². The Balaban J connectivity index is 1.72. The maximum atomic E-state index is 13.2. The zero-order chi connectivity index (χ0) is 20.3. The number of nitrogens with zero attached hydrogens (tertiary/aromatic N) is 4. The largest absolute Gasteiger partial charge is 0.337 e. The van der Waals surface area contributed by atoms with E-state index in [9.17, 15) is 4.79 Å². The lowest BCUT2D eigenvalue weighted by molar-refractivity contribution is 0.0716. The van der Waals surface area contributed by atoms with Crippen LogP contribution in [0.3, 0.4) is 0 Å². The number of carbonyl (C=O) groups excluding carboxylic acids is 1. The molecule has 1 aliphatic heterocycles. The van der Waals surface area contributed by atoms with Crippen molar-refractivity contribution in [1.29, 1.82) is 0 Å². The average Bonchev–Trinajstić information content (AvgIpc) is 3.03. The van der Waals surface area contributed by atoms with Gasteiger partial charge in [-0.3, -0.25) is 9.48 Å². The van der Waals surface area contributed by atoms with Crippen molar-refractivity contribution in [3.05, 3.63) is 17.0 Å². The summed E-state index contributed by atoms with van der Waals surface area (Å²) in [6.45, 7) is 11.4. The van der Waals surface area contributed by atoms with Gasteiger partial charge in [-0.2, -0.15) is 5.10 Å². The third-order valence-electron chi connectivity index (χ3n) is 6.11. The van der Waals surface area contributed by atoms with Crippen LogP contribution in [0, 0.1) is 5.41 Å². The minimum atomic E-state index is 0.150. The van der Waals surface area contributed by atoms with Crippen LogP contribution in [-0.2, 0) is 19.4 Å². The molecule has 0 bridgehead atoms. The predicted molar refractivity (Wildman–Crippen MR) is 114 cm³/mol. The molecule has 0 aromatic carbocycles. The fraction of sp³-hybridized carbons (Fsp3) is 0.818. The molecule has 1 amide bonds. The Kier molecular flexibility index (Phi) is 6.81. The van der Waals surface area contributed by atoms with Gasteiger partial charge in [0.2, 0.25) is 0 Å². The van der Waals surface area contributed by atoms with Gasteiger partial charge in [0, 0.05) is 50.0 Å². The number of rotatable bonds is 7. The summed E-state index contributed by atoms with van der Waals surface area (Å²) in [6.07, 6.45) is 6.52. The highest BCUT2D eigenvalue weighted by Gasteiger charge is 2.32. The summed E-state index contributed by atoms with van der Waals surface area (Å²) >= 11 is 0. The lowest BCUT2D eigenvalue weighted by Crippen LogP contribution is -2.44. The molecule has 3 rings (SSSR count). The molecule has 1 aliphatic carbocycles. The summed E-state index contributed by atoms with van der Waals surface area (Å²) in [4.78, 5) is 17.4. The minimum absolute atomic E-state index is 0.150. The van der Waals surface area contributed by atoms with Crippen molar-refractivity contribution in [1.82, 2.24) is 24.9 Å². The van der Waals surface area contributed by atoms with Gasteiger partial charge in [0.25, 0.3) is 5.91 Å². The Morgan fingerprint density at radius 3 is 2.61 bits per heavy atom. The molecule has 6 nitrogen and oxygen atoms in total. The second-order valence-corrected chi connectivity index (χ2v) is 9.67. The highest BCUT2D eigenvalue weighted by atomic mass is 16.2. The maximum absolute atomic E-state index is 13.2. The molecule has 1 N–H and O–H groups in total. The molecule has 0 saturated carbocycles. The van der Waals surface area contributed by atoms with Gasteiger partial charge < -0.3 is 15.1 Å². The molecule has 2 aliphatic rings. The van der Waals surface area contributed by atoms with Crippen molar-refractivity contribution in [3.8, 4) is 0 Å². The van der Waals surface area contributed by atoms with Crippen LogP contribution in [0.15, 0.2) is 0 Å². The minimum Gasteiger partial charge on any atom is -0.337 e. The molecule has 6 heteroatoms. The number of hydrogen-bond acceptors (Lipinski definition) is 4. The van der Waals surface area contributed by atoms with Crippen LogP contribution in [0.4, 0.5) is 0 Å². The number of likely N-dealkylation sites (tertiary alicyclic amines) is 1. The fourth-order valence-electron chi connectivity index (χ4n) is 4.87. The predicted octanol–water partition coefficient (Wildman–Crippen LogP) is 2.56. The smallest absolute Gasteiger partial charge is 0.274 e. The van der Waals surface area contributed by atoms with Gasteiger partial charge in [-0.15, -0.1) is 0 Å². The molecular formula is C22H39N5O. The maximum Gasteiger partial charge on any atom is 0.274 e. The van der Waals surface area contributed by atoms with E-state index in [1.807, 2.05) is 4.90 Å². The molecule has 0 spiro atoms. The van der Waals surface area contributed by atoms with E-state index in [1.54, 1.807) is 0 Å². The Bertz CT molecular complexity index is 673. The van der Waals surface area contributed by atoms with Crippen LogP contribution >= 0.6 is 0 Å². The molecule has 1 saturated heterocycles. The number of fused-ring (bicyclic) bond motifs is 1. The van der Waals surface area contributed by atoms with Crippen molar-refractivity contribution in [3.63, 3.8) is 0 Å². The van der Waals surface area contributed by atoms with E-state index in [2.05, 4.69) is 49.8 Å². The first-order chi connectivity index (χ1) is 13.3.